The molecule has 0 spiro atoms. The number of rotatable bonds is 5. The molecule has 2 rings (SSSR count). The van der Waals surface area contributed by atoms with E-state index < -0.39 is 0 Å². The summed E-state index contributed by atoms with van der Waals surface area (Å²) in [6.45, 7) is 0.845. The number of amides is 1. The zero-order chi connectivity index (χ0) is 13.5. The molecule has 4 heteroatoms. The average molecular weight is 277 g/mol. The lowest BCUT2D eigenvalue weighted by atomic mass is 9.83. The average Bonchev–Trinajstić information content (AvgIpc) is 2.81. The predicted octanol–water partition coefficient (Wildman–Crippen LogP) is 2.40. The van der Waals surface area contributed by atoms with Crippen LogP contribution in [0.15, 0.2) is 11.4 Å². The molecule has 0 radical (unpaired) electrons. The van der Waals surface area contributed by atoms with Gasteiger partial charge >= 0.3 is 0 Å². The van der Waals surface area contributed by atoms with Crippen molar-refractivity contribution in [1.29, 1.82) is 0 Å². The van der Waals surface area contributed by atoms with Crippen LogP contribution in [-0.2, 0) is 0 Å². The van der Waals surface area contributed by atoms with Crippen molar-refractivity contribution in [3.05, 3.63) is 21.9 Å². The third-order valence-corrected chi connectivity index (χ3v) is 4.22. The highest BCUT2D eigenvalue weighted by Crippen LogP contribution is 2.28. The highest BCUT2D eigenvalue weighted by atomic mass is 32.1. The molecular weight excluding hydrogens is 258 g/mol. The number of hydrogen-bond acceptors (Lipinski definition) is 3. The van der Waals surface area contributed by atoms with Crippen LogP contribution in [0, 0.1) is 17.8 Å². The van der Waals surface area contributed by atoms with Crippen molar-refractivity contribution in [3.63, 3.8) is 0 Å². The van der Waals surface area contributed by atoms with Gasteiger partial charge in [-0.2, -0.15) is 0 Å². The standard InChI is InChI=1S/C15H19NO2S/c17-9-2-1-6-14-10-13(11-19-14)15(18)16-8-7-12-4-3-5-12/h10-12,17H,2-5,7-9H2,(H,16,18). The van der Waals surface area contributed by atoms with E-state index in [-0.39, 0.29) is 12.5 Å². The van der Waals surface area contributed by atoms with Crippen molar-refractivity contribution in [2.45, 2.75) is 32.1 Å². The Hall–Kier alpha value is -1.31. The van der Waals surface area contributed by atoms with Gasteiger partial charge in [-0.15, -0.1) is 11.3 Å². The first-order valence-electron chi connectivity index (χ1n) is 6.76. The predicted molar refractivity (Wildman–Crippen MR) is 77.2 cm³/mol. The molecular formula is C15H19NO2S. The zero-order valence-corrected chi connectivity index (χ0v) is 11.8. The number of aliphatic hydroxyl groups excluding tert-OH is 1. The van der Waals surface area contributed by atoms with E-state index in [2.05, 4.69) is 17.2 Å². The van der Waals surface area contributed by atoms with Crippen LogP contribution in [0.25, 0.3) is 0 Å². The number of aliphatic hydroxyl groups is 1. The Balaban J connectivity index is 1.77. The summed E-state index contributed by atoms with van der Waals surface area (Å²) >= 11 is 1.47. The molecule has 1 aliphatic carbocycles. The Bertz CT molecular complexity index is 480. The Labute approximate surface area is 118 Å². The van der Waals surface area contributed by atoms with Gasteiger partial charge < -0.3 is 10.4 Å². The molecule has 3 nitrogen and oxygen atoms in total. The van der Waals surface area contributed by atoms with Gasteiger partial charge in [-0.25, -0.2) is 0 Å². The van der Waals surface area contributed by atoms with Gasteiger partial charge in [-0.05, 0) is 18.4 Å². The summed E-state index contributed by atoms with van der Waals surface area (Å²) < 4.78 is 0. The van der Waals surface area contributed by atoms with Crippen LogP contribution in [0.5, 0.6) is 0 Å². The Kier molecular flexibility index (Phi) is 5.44. The van der Waals surface area contributed by atoms with Gasteiger partial charge in [-0.3, -0.25) is 4.79 Å². The summed E-state index contributed by atoms with van der Waals surface area (Å²) in [5.41, 5.74) is 0.687. The van der Waals surface area contributed by atoms with Crippen LogP contribution >= 0.6 is 11.3 Å². The number of carbonyl (C=O) groups excluding carboxylic acids is 1. The highest BCUT2D eigenvalue weighted by molar-refractivity contribution is 7.10. The van der Waals surface area contributed by atoms with Gasteiger partial charge in [0.2, 0.25) is 0 Å². The molecule has 2 N–H and O–H groups in total. The van der Waals surface area contributed by atoms with E-state index >= 15 is 0 Å². The van der Waals surface area contributed by atoms with Gasteiger partial charge in [0.1, 0.15) is 0 Å². The number of hydrogen-bond donors (Lipinski definition) is 2. The summed E-state index contributed by atoms with van der Waals surface area (Å²) in [4.78, 5) is 12.8. The van der Waals surface area contributed by atoms with Crippen LogP contribution < -0.4 is 5.32 Å². The molecule has 1 fully saturated rings. The van der Waals surface area contributed by atoms with Crippen LogP contribution in [0.4, 0.5) is 0 Å². The summed E-state index contributed by atoms with van der Waals surface area (Å²) in [5.74, 6) is 6.61. The van der Waals surface area contributed by atoms with Crippen molar-refractivity contribution in [2.24, 2.45) is 5.92 Å². The number of carbonyl (C=O) groups is 1. The molecule has 0 atom stereocenters. The first-order chi connectivity index (χ1) is 9.29. The van der Waals surface area contributed by atoms with Gasteiger partial charge in [0.05, 0.1) is 17.0 Å². The maximum absolute atomic E-state index is 11.9. The van der Waals surface area contributed by atoms with Gasteiger partial charge in [-0.1, -0.05) is 31.1 Å². The first-order valence-corrected chi connectivity index (χ1v) is 7.64. The lowest BCUT2D eigenvalue weighted by Crippen LogP contribution is -2.27. The second kappa shape index (κ2) is 7.32. The molecule has 0 aliphatic heterocycles. The summed E-state index contributed by atoms with van der Waals surface area (Å²) in [5, 5.41) is 13.4. The minimum absolute atomic E-state index is 0.00854. The molecule has 1 aliphatic rings. The van der Waals surface area contributed by atoms with Gasteiger partial charge in [0, 0.05) is 18.3 Å². The molecule has 0 aromatic carbocycles. The molecule has 0 saturated heterocycles. The lowest BCUT2D eigenvalue weighted by molar-refractivity contribution is 0.0949. The van der Waals surface area contributed by atoms with Gasteiger partial charge in [0.25, 0.3) is 5.91 Å². The Morgan fingerprint density at radius 2 is 2.37 bits per heavy atom. The van der Waals surface area contributed by atoms with Crippen molar-refractivity contribution in [1.82, 2.24) is 5.32 Å². The topological polar surface area (TPSA) is 49.3 Å². The molecule has 1 saturated carbocycles. The highest BCUT2D eigenvalue weighted by Gasteiger charge is 2.17. The second-order valence-corrected chi connectivity index (χ2v) is 5.73. The van der Waals surface area contributed by atoms with E-state index in [9.17, 15) is 4.79 Å². The van der Waals surface area contributed by atoms with Crippen LogP contribution in [0.2, 0.25) is 0 Å². The fourth-order valence-electron chi connectivity index (χ4n) is 2.00. The van der Waals surface area contributed by atoms with Crippen molar-refractivity contribution < 1.29 is 9.90 Å². The van der Waals surface area contributed by atoms with Crippen molar-refractivity contribution in [3.8, 4) is 11.8 Å². The normalized spacial score (nSPS) is 14.4. The van der Waals surface area contributed by atoms with E-state index in [4.69, 9.17) is 5.11 Å². The maximum Gasteiger partial charge on any atom is 0.252 e. The minimum Gasteiger partial charge on any atom is -0.395 e. The molecule has 19 heavy (non-hydrogen) atoms. The minimum atomic E-state index is -0.00854. The third kappa shape index (κ3) is 4.38. The fourth-order valence-corrected chi connectivity index (χ4v) is 2.75. The molecule has 1 aromatic rings. The molecule has 0 bridgehead atoms. The third-order valence-electron chi connectivity index (χ3n) is 3.37. The monoisotopic (exact) mass is 277 g/mol. The Morgan fingerprint density at radius 1 is 1.53 bits per heavy atom. The summed E-state index contributed by atoms with van der Waals surface area (Å²) in [6.07, 6.45) is 5.55. The lowest BCUT2D eigenvalue weighted by Gasteiger charge is -2.25. The SMILES string of the molecule is O=C(NCCC1CCC1)c1csc(C#CCCO)c1. The molecule has 1 aromatic heterocycles. The van der Waals surface area contributed by atoms with Crippen molar-refractivity contribution >= 4 is 17.2 Å². The summed E-state index contributed by atoms with van der Waals surface area (Å²) in [7, 11) is 0. The quantitative estimate of drug-likeness (QED) is 0.812. The van der Waals surface area contributed by atoms with E-state index in [1.54, 1.807) is 0 Å². The van der Waals surface area contributed by atoms with E-state index in [1.807, 2.05) is 11.4 Å². The maximum atomic E-state index is 11.9. The zero-order valence-electron chi connectivity index (χ0n) is 10.9. The van der Waals surface area contributed by atoms with E-state index in [0.717, 1.165) is 23.8 Å². The second-order valence-electron chi connectivity index (χ2n) is 4.82. The van der Waals surface area contributed by atoms with Crippen LogP contribution in [-0.4, -0.2) is 24.2 Å². The number of nitrogens with one attached hydrogen (secondary N) is 1. The molecule has 1 amide bonds. The van der Waals surface area contributed by atoms with Crippen molar-refractivity contribution in [2.75, 3.05) is 13.2 Å². The Morgan fingerprint density at radius 3 is 3.05 bits per heavy atom. The largest absolute Gasteiger partial charge is 0.395 e. The number of thiophene rings is 1. The molecule has 0 unspecified atom stereocenters. The smallest absolute Gasteiger partial charge is 0.252 e. The fraction of sp³-hybridized carbons (Fsp3) is 0.533. The molecule has 1 heterocycles. The van der Waals surface area contributed by atoms with Crippen LogP contribution in [0.1, 0.15) is 47.3 Å². The van der Waals surface area contributed by atoms with E-state index in [1.165, 1.54) is 30.6 Å². The van der Waals surface area contributed by atoms with E-state index in [0.29, 0.717) is 12.0 Å². The first kappa shape index (κ1) is 14.1. The van der Waals surface area contributed by atoms with Crippen LogP contribution in [0.3, 0.4) is 0 Å². The molecule has 102 valence electrons. The summed E-state index contributed by atoms with van der Waals surface area (Å²) in [6, 6.07) is 1.81. The van der Waals surface area contributed by atoms with Gasteiger partial charge in [0.15, 0.2) is 0 Å².